The van der Waals surface area contributed by atoms with E-state index in [-0.39, 0.29) is 33.8 Å². The summed E-state index contributed by atoms with van der Waals surface area (Å²) in [6, 6.07) is 10.2. The highest BCUT2D eigenvalue weighted by Gasteiger charge is 2.39. The number of rotatable bonds is 7. The minimum absolute atomic E-state index is 0.103. The number of aliphatic imine (C=N–C) groups is 1. The van der Waals surface area contributed by atoms with Gasteiger partial charge in [-0.2, -0.15) is 10.1 Å². The molecule has 0 saturated carbocycles. The molecule has 10 heteroatoms. The normalized spacial score (nSPS) is 14.7. The van der Waals surface area contributed by atoms with Crippen molar-refractivity contribution < 1.29 is 14.3 Å². The van der Waals surface area contributed by atoms with Crippen LogP contribution in [0.4, 0.5) is 17.1 Å². The fraction of sp³-hybridized carbons (Fsp3) is 0.273. The molecule has 0 bridgehead atoms. The van der Waals surface area contributed by atoms with Crippen molar-refractivity contribution in [1.82, 2.24) is 0 Å². The maximum atomic E-state index is 13.2. The van der Waals surface area contributed by atoms with Gasteiger partial charge in [0.1, 0.15) is 5.69 Å². The molecular weight excluding hydrogens is 475 g/mol. The number of carbonyl (C=O) groups excluding carboxylic acids is 2. The number of nitrogens with zero attached hydrogens (tertiary/aromatic N) is 4. The van der Waals surface area contributed by atoms with Crippen molar-refractivity contribution in [2.75, 3.05) is 29.6 Å². The van der Waals surface area contributed by atoms with Crippen molar-refractivity contribution >= 4 is 75.2 Å². The molecule has 168 valence electrons. The first-order valence-corrected chi connectivity index (χ1v) is 11.1. The second-order valence-corrected chi connectivity index (χ2v) is 7.90. The summed E-state index contributed by atoms with van der Waals surface area (Å²) in [4.78, 5) is 32.3. The lowest BCUT2D eigenvalue weighted by molar-refractivity contribution is -0.134. The Kier molecular flexibility index (Phi) is 7.77. The summed E-state index contributed by atoms with van der Waals surface area (Å²) in [5.41, 5.74) is 1.22. The Morgan fingerprint density at radius 3 is 2.19 bits per heavy atom. The molecule has 2 aromatic carbocycles. The SMILES string of the molecule is CCOC(=O)C1=NN(c2c(Cl)cc(Cl)cc2Cl)C(=O)C1=Nc1ccc(N(CC)CC)cc1. The molecule has 3 rings (SSSR count). The fourth-order valence-corrected chi connectivity index (χ4v) is 4.15. The summed E-state index contributed by atoms with van der Waals surface area (Å²) in [5, 5.41) is 5.58. The Hall–Kier alpha value is -2.61. The van der Waals surface area contributed by atoms with Crippen molar-refractivity contribution in [3.8, 4) is 0 Å². The molecular formula is C22H21Cl3N4O3. The summed E-state index contributed by atoms with van der Waals surface area (Å²) in [6.45, 7) is 7.63. The smallest absolute Gasteiger partial charge is 0.361 e. The number of halogens is 3. The number of ether oxygens (including phenoxy) is 1. The molecule has 0 unspecified atom stereocenters. The molecule has 7 nitrogen and oxygen atoms in total. The van der Waals surface area contributed by atoms with Crippen LogP contribution in [-0.2, 0) is 14.3 Å². The Morgan fingerprint density at radius 2 is 1.66 bits per heavy atom. The van der Waals surface area contributed by atoms with Crippen LogP contribution >= 0.6 is 34.8 Å². The number of hydrazone groups is 1. The summed E-state index contributed by atoms with van der Waals surface area (Å²) < 4.78 is 5.06. The zero-order valence-corrected chi connectivity index (χ0v) is 20.0. The number of amides is 1. The molecule has 1 amide bonds. The quantitative estimate of drug-likeness (QED) is 0.473. The maximum Gasteiger partial charge on any atom is 0.361 e. The van der Waals surface area contributed by atoms with Gasteiger partial charge in [-0.1, -0.05) is 34.8 Å². The van der Waals surface area contributed by atoms with E-state index in [9.17, 15) is 9.59 Å². The third-order valence-corrected chi connectivity index (χ3v) is 5.50. The topological polar surface area (TPSA) is 74.6 Å². The number of anilines is 2. The van der Waals surface area contributed by atoms with Gasteiger partial charge in [0.25, 0.3) is 5.91 Å². The van der Waals surface area contributed by atoms with Crippen LogP contribution in [0.2, 0.25) is 15.1 Å². The first kappa shape index (κ1) is 24.0. The summed E-state index contributed by atoms with van der Waals surface area (Å²) in [7, 11) is 0. The Morgan fingerprint density at radius 1 is 1.06 bits per heavy atom. The third-order valence-electron chi connectivity index (χ3n) is 4.70. The average Bonchev–Trinajstić information content (AvgIpc) is 3.06. The molecule has 0 radical (unpaired) electrons. The summed E-state index contributed by atoms with van der Waals surface area (Å²) in [5.74, 6) is -1.44. The molecule has 1 heterocycles. The van der Waals surface area contributed by atoms with Gasteiger partial charge in [-0.15, -0.1) is 0 Å². The van der Waals surface area contributed by atoms with E-state index in [0.29, 0.717) is 10.7 Å². The van der Waals surface area contributed by atoms with Crippen LogP contribution in [0, 0.1) is 0 Å². The first-order valence-electron chi connectivity index (χ1n) is 9.99. The van der Waals surface area contributed by atoms with Gasteiger partial charge < -0.3 is 9.64 Å². The van der Waals surface area contributed by atoms with Crippen LogP contribution in [0.15, 0.2) is 46.5 Å². The monoisotopic (exact) mass is 494 g/mol. The van der Waals surface area contributed by atoms with Gasteiger partial charge in [0.05, 0.1) is 22.3 Å². The highest BCUT2D eigenvalue weighted by atomic mass is 35.5. The Balaban J connectivity index is 2.04. The van der Waals surface area contributed by atoms with Crippen LogP contribution in [0.1, 0.15) is 20.8 Å². The molecule has 32 heavy (non-hydrogen) atoms. The first-order chi connectivity index (χ1) is 15.3. The van der Waals surface area contributed by atoms with Crippen LogP contribution in [0.5, 0.6) is 0 Å². The molecule has 0 saturated heterocycles. The van der Waals surface area contributed by atoms with Gasteiger partial charge in [0.2, 0.25) is 5.71 Å². The molecule has 0 fully saturated rings. The summed E-state index contributed by atoms with van der Waals surface area (Å²) in [6.07, 6.45) is 0. The predicted octanol–water partition coefficient (Wildman–Crippen LogP) is 5.53. The van der Waals surface area contributed by atoms with E-state index < -0.39 is 11.9 Å². The number of hydrogen-bond acceptors (Lipinski definition) is 6. The predicted molar refractivity (Wildman–Crippen MR) is 130 cm³/mol. The number of esters is 1. The number of carbonyl (C=O) groups is 2. The highest BCUT2D eigenvalue weighted by Crippen LogP contribution is 2.38. The second-order valence-electron chi connectivity index (χ2n) is 6.65. The molecule has 0 aromatic heterocycles. The van der Waals surface area contributed by atoms with Crippen LogP contribution in [0.3, 0.4) is 0 Å². The van der Waals surface area contributed by atoms with E-state index in [2.05, 4.69) is 28.8 Å². The molecule has 0 atom stereocenters. The van der Waals surface area contributed by atoms with E-state index in [1.807, 2.05) is 12.1 Å². The maximum absolute atomic E-state index is 13.2. The minimum atomic E-state index is -0.775. The van der Waals surface area contributed by atoms with Gasteiger partial charge in [0, 0.05) is 23.8 Å². The molecule has 1 aliphatic rings. The molecule has 1 aliphatic heterocycles. The van der Waals surface area contributed by atoms with Crippen LogP contribution in [-0.4, -0.2) is 43.0 Å². The third kappa shape index (κ3) is 4.90. The standard InChI is InChI=1S/C22H21Cl3N4O3/c1-4-28(5-2)15-9-7-14(8-10-15)26-18-19(22(31)32-6-3)27-29(21(18)30)20-16(24)11-13(23)12-17(20)25/h7-12H,4-6H2,1-3H3. The Bertz CT molecular complexity index is 1070. The average molecular weight is 496 g/mol. The van der Waals surface area contributed by atoms with Crippen molar-refractivity contribution in [3.63, 3.8) is 0 Å². The van der Waals surface area contributed by atoms with E-state index in [1.54, 1.807) is 19.1 Å². The lowest BCUT2D eigenvalue weighted by atomic mass is 10.2. The lowest BCUT2D eigenvalue weighted by Crippen LogP contribution is -2.31. The van der Waals surface area contributed by atoms with Gasteiger partial charge >= 0.3 is 5.97 Å². The van der Waals surface area contributed by atoms with Gasteiger partial charge in [-0.05, 0) is 57.2 Å². The van der Waals surface area contributed by atoms with Crippen molar-refractivity contribution in [1.29, 1.82) is 0 Å². The van der Waals surface area contributed by atoms with Crippen molar-refractivity contribution in [3.05, 3.63) is 51.5 Å². The highest BCUT2D eigenvalue weighted by molar-refractivity contribution is 6.83. The van der Waals surface area contributed by atoms with E-state index in [4.69, 9.17) is 39.5 Å². The zero-order chi connectivity index (χ0) is 23.4. The van der Waals surface area contributed by atoms with E-state index >= 15 is 0 Å². The lowest BCUT2D eigenvalue weighted by Gasteiger charge is -2.20. The van der Waals surface area contributed by atoms with Crippen molar-refractivity contribution in [2.45, 2.75) is 20.8 Å². The van der Waals surface area contributed by atoms with Gasteiger partial charge in [-0.25, -0.2) is 9.79 Å². The second kappa shape index (κ2) is 10.3. The number of hydrogen-bond donors (Lipinski definition) is 0. The molecule has 0 N–H and O–H groups in total. The molecule has 0 spiro atoms. The Labute approximate surface area is 201 Å². The van der Waals surface area contributed by atoms with Gasteiger partial charge in [0.15, 0.2) is 5.71 Å². The minimum Gasteiger partial charge on any atom is -0.461 e. The fourth-order valence-electron chi connectivity index (χ4n) is 3.18. The number of benzene rings is 2. The largest absolute Gasteiger partial charge is 0.461 e. The molecule has 0 aliphatic carbocycles. The van der Waals surface area contributed by atoms with E-state index in [1.165, 1.54) is 12.1 Å². The van der Waals surface area contributed by atoms with Gasteiger partial charge in [-0.3, -0.25) is 4.79 Å². The zero-order valence-electron chi connectivity index (χ0n) is 17.7. The van der Waals surface area contributed by atoms with E-state index in [0.717, 1.165) is 23.8 Å². The van der Waals surface area contributed by atoms with Crippen LogP contribution in [0.25, 0.3) is 0 Å². The molecule has 2 aromatic rings. The van der Waals surface area contributed by atoms with Crippen LogP contribution < -0.4 is 9.91 Å². The summed E-state index contributed by atoms with van der Waals surface area (Å²) >= 11 is 18.5. The van der Waals surface area contributed by atoms with Crippen molar-refractivity contribution in [2.24, 2.45) is 10.1 Å².